The highest BCUT2D eigenvalue weighted by Gasteiger charge is 2.35. The lowest BCUT2D eigenvalue weighted by molar-refractivity contribution is -0.122. The number of rotatable bonds is 5. The van der Waals surface area contributed by atoms with Crippen molar-refractivity contribution in [3.63, 3.8) is 0 Å². The smallest absolute Gasteiger partial charge is 0.229 e. The lowest BCUT2D eigenvalue weighted by atomic mass is 10.1. The Hall–Kier alpha value is -3.00. The van der Waals surface area contributed by atoms with E-state index in [2.05, 4.69) is 31.3 Å². The van der Waals surface area contributed by atoms with Gasteiger partial charge in [-0.05, 0) is 42.0 Å². The standard InChI is InChI=1S/C20H18BrN5O2/c21-16-3-7-18(8-4-16)26-11-15(9-19(26)27)20(28)24-17-5-1-14(2-6-17)10-25-13-22-12-23-25/h1-8,12-13,15H,9-11H2,(H,24,28)/t15-/m0/s1. The van der Waals surface area contributed by atoms with Crippen LogP contribution < -0.4 is 10.2 Å². The number of aromatic nitrogens is 3. The van der Waals surface area contributed by atoms with Gasteiger partial charge in [-0.2, -0.15) is 5.10 Å². The molecule has 0 spiro atoms. The highest BCUT2D eigenvalue weighted by molar-refractivity contribution is 9.10. The minimum absolute atomic E-state index is 0.0364. The Morgan fingerprint density at radius 3 is 2.57 bits per heavy atom. The summed E-state index contributed by atoms with van der Waals surface area (Å²) in [5, 5.41) is 6.99. The number of nitrogens with one attached hydrogen (secondary N) is 1. The second-order valence-electron chi connectivity index (χ2n) is 6.66. The fourth-order valence-corrected chi connectivity index (χ4v) is 3.46. The number of benzene rings is 2. The fraction of sp³-hybridized carbons (Fsp3) is 0.200. The van der Waals surface area contributed by atoms with Crippen LogP contribution in [0.25, 0.3) is 0 Å². The number of halogens is 1. The molecule has 28 heavy (non-hydrogen) atoms. The molecule has 0 radical (unpaired) electrons. The van der Waals surface area contributed by atoms with E-state index in [1.807, 2.05) is 48.5 Å². The molecule has 3 aromatic rings. The largest absolute Gasteiger partial charge is 0.326 e. The summed E-state index contributed by atoms with van der Waals surface area (Å²) in [6.45, 7) is 1.00. The van der Waals surface area contributed by atoms with Crippen LogP contribution in [0.5, 0.6) is 0 Å². The van der Waals surface area contributed by atoms with Crippen LogP contribution in [0.3, 0.4) is 0 Å². The minimum atomic E-state index is -0.369. The second-order valence-corrected chi connectivity index (χ2v) is 7.58. The molecule has 1 atom stereocenters. The maximum Gasteiger partial charge on any atom is 0.229 e. The summed E-state index contributed by atoms with van der Waals surface area (Å²) < 4.78 is 2.68. The summed E-state index contributed by atoms with van der Waals surface area (Å²) >= 11 is 3.39. The maximum atomic E-state index is 12.6. The molecule has 2 aromatic carbocycles. The third-order valence-electron chi connectivity index (χ3n) is 4.67. The van der Waals surface area contributed by atoms with E-state index in [1.165, 1.54) is 6.33 Å². The van der Waals surface area contributed by atoms with Gasteiger partial charge in [0.15, 0.2) is 0 Å². The number of hydrogen-bond donors (Lipinski definition) is 1. The van der Waals surface area contributed by atoms with E-state index in [-0.39, 0.29) is 24.2 Å². The van der Waals surface area contributed by atoms with Crippen LogP contribution in [-0.4, -0.2) is 33.1 Å². The molecule has 2 heterocycles. The first-order chi connectivity index (χ1) is 13.6. The number of carbonyl (C=O) groups excluding carboxylic acids is 2. The van der Waals surface area contributed by atoms with Crippen molar-refractivity contribution in [3.8, 4) is 0 Å². The van der Waals surface area contributed by atoms with Gasteiger partial charge in [0.2, 0.25) is 11.8 Å². The van der Waals surface area contributed by atoms with Crippen LogP contribution in [0.15, 0.2) is 65.7 Å². The number of hydrogen-bond acceptors (Lipinski definition) is 4. The Morgan fingerprint density at radius 2 is 1.89 bits per heavy atom. The Labute approximate surface area is 170 Å². The number of nitrogens with zero attached hydrogens (tertiary/aromatic N) is 4. The highest BCUT2D eigenvalue weighted by Crippen LogP contribution is 2.27. The van der Waals surface area contributed by atoms with Crippen molar-refractivity contribution in [1.82, 2.24) is 14.8 Å². The third-order valence-corrected chi connectivity index (χ3v) is 5.20. The molecule has 2 amide bonds. The minimum Gasteiger partial charge on any atom is -0.326 e. The van der Waals surface area contributed by atoms with Crippen molar-refractivity contribution in [2.24, 2.45) is 5.92 Å². The number of carbonyl (C=O) groups is 2. The summed E-state index contributed by atoms with van der Waals surface area (Å²) in [5.41, 5.74) is 2.57. The van der Waals surface area contributed by atoms with Gasteiger partial charge in [-0.15, -0.1) is 0 Å². The van der Waals surface area contributed by atoms with Crippen LogP contribution in [0.1, 0.15) is 12.0 Å². The molecule has 142 valence electrons. The van der Waals surface area contributed by atoms with E-state index < -0.39 is 0 Å². The molecule has 1 aliphatic rings. The second kappa shape index (κ2) is 7.93. The van der Waals surface area contributed by atoms with E-state index >= 15 is 0 Å². The molecule has 1 saturated heterocycles. The Morgan fingerprint density at radius 1 is 1.14 bits per heavy atom. The Balaban J connectivity index is 1.37. The summed E-state index contributed by atoms with van der Waals surface area (Å²) in [6, 6.07) is 15.1. The van der Waals surface area contributed by atoms with Gasteiger partial charge in [0, 0.05) is 28.8 Å². The fourth-order valence-electron chi connectivity index (χ4n) is 3.19. The van der Waals surface area contributed by atoms with Crippen molar-refractivity contribution in [3.05, 3.63) is 71.2 Å². The van der Waals surface area contributed by atoms with E-state index in [1.54, 1.807) is 15.9 Å². The van der Waals surface area contributed by atoms with Gasteiger partial charge in [0.1, 0.15) is 12.7 Å². The zero-order chi connectivity index (χ0) is 19.5. The molecule has 0 bridgehead atoms. The first-order valence-electron chi connectivity index (χ1n) is 8.86. The zero-order valence-corrected chi connectivity index (χ0v) is 16.5. The highest BCUT2D eigenvalue weighted by atomic mass is 79.9. The van der Waals surface area contributed by atoms with E-state index in [9.17, 15) is 9.59 Å². The predicted molar refractivity (Wildman–Crippen MR) is 109 cm³/mol. The van der Waals surface area contributed by atoms with Crippen molar-refractivity contribution in [2.45, 2.75) is 13.0 Å². The lowest BCUT2D eigenvalue weighted by Gasteiger charge is -2.17. The van der Waals surface area contributed by atoms with Crippen LogP contribution in [0.2, 0.25) is 0 Å². The van der Waals surface area contributed by atoms with Crippen LogP contribution in [-0.2, 0) is 16.1 Å². The maximum absolute atomic E-state index is 12.6. The van der Waals surface area contributed by atoms with Gasteiger partial charge >= 0.3 is 0 Å². The molecule has 1 fully saturated rings. The predicted octanol–water partition coefficient (Wildman–Crippen LogP) is 3.08. The van der Waals surface area contributed by atoms with Gasteiger partial charge < -0.3 is 10.2 Å². The van der Waals surface area contributed by atoms with E-state index in [0.717, 1.165) is 15.7 Å². The van der Waals surface area contributed by atoms with Crippen molar-refractivity contribution in [1.29, 1.82) is 0 Å². The van der Waals surface area contributed by atoms with Gasteiger partial charge in [-0.3, -0.25) is 9.59 Å². The monoisotopic (exact) mass is 439 g/mol. The molecule has 8 heteroatoms. The molecule has 0 unspecified atom stereocenters. The van der Waals surface area contributed by atoms with Gasteiger partial charge in [-0.25, -0.2) is 9.67 Å². The average Bonchev–Trinajstić information content (AvgIpc) is 3.34. The first-order valence-corrected chi connectivity index (χ1v) is 9.66. The molecule has 1 aromatic heterocycles. The number of anilines is 2. The lowest BCUT2D eigenvalue weighted by Crippen LogP contribution is -2.28. The Bertz CT molecular complexity index is 971. The van der Waals surface area contributed by atoms with Crippen LogP contribution >= 0.6 is 15.9 Å². The third kappa shape index (κ3) is 4.12. The van der Waals surface area contributed by atoms with E-state index in [0.29, 0.717) is 18.8 Å². The average molecular weight is 440 g/mol. The molecule has 1 aliphatic heterocycles. The Kier molecular flexibility index (Phi) is 5.21. The molecular weight excluding hydrogens is 422 g/mol. The van der Waals surface area contributed by atoms with Gasteiger partial charge in [0.25, 0.3) is 0 Å². The van der Waals surface area contributed by atoms with Crippen LogP contribution in [0, 0.1) is 5.92 Å². The van der Waals surface area contributed by atoms with Crippen molar-refractivity contribution >= 4 is 39.1 Å². The van der Waals surface area contributed by atoms with E-state index in [4.69, 9.17) is 0 Å². The molecule has 1 N–H and O–H groups in total. The molecule has 4 rings (SSSR count). The molecule has 7 nitrogen and oxygen atoms in total. The molecule has 0 saturated carbocycles. The summed E-state index contributed by atoms with van der Waals surface area (Å²) in [4.78, 5) is 30.5. The van der Waals surface area contributed by atoms with Crippen LogP contribution in [0.4, 0.5) is 11.4 Å². The SMILES string of the molecule is O=C(Nc1ccc(Cn2cncn2)cc1)[C@H]1CC(=O)N(c2ccc(Br)cc2)C1. The molecule has 0 aliphatic carbocycles. The number of amides is 2. The molecular formula is C20H18BrN5O2. The quantitative estimate of drug-likeness (QED) is 0.662. The summed E-state index contributed by atoms with van der Waals surface area (Å²) in [5.74, 6) is -0.548. The topological polar surface area (TPSA) is 80.1 Å². The summed E-state index contributed by atoms with van der Waals surface area (Å²) in [6.07, 6.45) is 3.37. The normalized spacial score (nSPS) is 16.4. The van der Waals surface area contributed by atoms with Crippen molar-refractivity contribution < 1.29 is 9.59 Å². The van der Waals surface area contributed by atoms with Gasteiger partial charge in [-0.1, -0.05) is 28.1 Å². The summed E-state index contributed by atoms with van der Waals surface area (Å²) in [7, 11) is 0. The van der Waals surface area contributed by atoms with Gasteiger partial charge in [0.05, 0.1) is 12.5 Å². The first kappa shape index (κ1) is 18.4. The zero-order valence-electron chi connectivity index (χ0n) is 15.0. The van der Waals surface area contributed by atoms with Crippen molar-refractivity contribution in [2.75, 3.05) is 16.8 Å².